The number of pyridine rings is 1. The molecule has 2 N–H and O–H groups in total. The number of nitrogens with zero attached hydrogens (tertiary/aromatic N) is 1. The summed E-state index contributed by atoms with van der Waals surface area (Å²) in [6, 6.07) is 3.51. The number of hydrogen-bond donors (Lipinski definition) is 1. The lowest BCUT2D eigenvalue weighted by Crippen LogP contribution is -2.03. The Morgan fingerprint density at radius 3 is 3.00 bits per heavy atom. The van der Waals surface area contributed by atoms with E-state index in [1.165, 1.54) is 13.2 Å². The van der Waals surface area contributed by atoms with E-state index in [2.05, 4.69) is 9.72 Å². The molecule has 4 nitrogen and oxygen atoms in total. The summed E-state index contributed by atoms with van der Waals surface area (Å²) in [5.41, 5.74) is 6.64. The first-order valence-electron chi connectivity index (χ1n) is 3.69. The predicted octanol–water partition coefficient (Wildman–Crippen LogP) is 0.554. The lowest BCUT2D eigenvalue weighted by molar-refractivity contribution is -0.134. The number of rotatable bonds is 2. The first-order valence-corrected chi connectivity index (χ1v) is 3.69. The normalized spacial score (nSPS) is 11.0. The molecule has 1 aromatic heterocycles. The molecular weight excluding hydrogens is 168 g/mol. The molecule has 0 spiro atoms. The molecule has 0 aliphatic carbocycles. The van der Waals surface area contributed by atoms with Crippen molar-refractivity contribution in [3.8, 4) is 0 Å². The summed E-state index contributed by atoms with van der Waals surface area (Å²) in [5, 5.41) is 0. The zero-order valence-corrected chi connectivity index (χ0v) is 7.23. The van der Waals surface area contributed by atoms with Gasteiger partial charge < -0.3 is 10.5 Å². The number of ether oxygens (including phenoxy) is 1. The van der Waals surface area contributed by atoms with E-state index in [1.807, 2.05) is 0 Å². The summed E-state index contributed by atoms with van der Waals surface area (Å²) in [6.07, 6.45) is 4.43. The van der Waals surface area contributed by atoms with Crippen molar-refractivity contribution in [2.24, 2.45) is 5.73 Å². The summed E-state index contributed by atoms with van der Waals surface area (Å²) in [7, 11) is 1.30. The number of carbonyl (C=O) groups excluding carboxylic acids is 1. The van der Waals surface area contributed by atoms with Gasteiger partial charge in [-0.2, -0.15) is 0 Å². The number of methoxy groups -OCH3 is 1. The molecule has 13 heavy (non-hydrogen) atoms. The molecule has 0 unspecified atom stereocenters. The number of hydrogen-bond acceptors (Lipinski definition) is 4. The molecule has 0 atom stereocenters. The van der Waals surface area contributed by atoms with E-state index in [0.29, 0.717) is 11.3 Å². The van der Waals surface area contributed by atoms with Crippen LogP contribution < -0.4 is 5.73 Å². The highest BCUT2D eigenvalue weighted by Crippen LogP contribution is 2.05. The highest BCUT2D eigenvalue weighted by Gasteiger charge is 1.99. The van der Waals surface area contributed by atoms with Crippen LogP contribution in [0.5, 0.6) is 0 Å². The van der Waals surface area contributed by atoms with E-state index in [4.69, 9.17) is 5.73 Å². The van der Waals surface area contributed by atoms with Gasteiger partial charge in [0, 0.05) is 29.7 Å². The smallest absolute Gasteiger partial charge is 0.332 e. The second-order valence-corrected chi connectivity index (χ2v) is 2.36. The van der Waals surface area contributed by atoms with E-state index in [9.17, 15) is 4.79 Å². The van der Waals surface area contributed by atoms with Gasteiger partial charge in [-0.15, -0.1) is 0 Å². The molecule has 0 aliphatic heterocycles. The van der Waals surface area contributed by atoms with Crippen LogP contribution in [0, 0.1) is 0 Å². The Bertz CT molecular complexity index is 320. The largest absolute Gasteiger partial charge is 0.466 e. The van der Waals surface area contributed by atoms with Crippen molar-refractivity contribution in [2.75, 3.05) is 7.11 Å². The van der Waals surface area contributed by atoms with Crippen LogP contribution >= 0.6 is 0 Å². The number of nitrogens with two attached hydrogens (primary N) is 1. The molecule has 1 heterocycles. The molecule has 0 aliphatic rings. The fourth-order valence-electron chi connectivity index (χ4n) is 0.803. The molecule has 0 radical (unpaired) electrons. The van der Waals surface area contributed by atoms with Crippen LogP contribution in [0.15, 0.2) is 30.6 Å². The van der Waals surface area contributed by atoms with Crippen LogP contribution in [0.25, 0.3) is 5.70 Å². The third-order valence-electron chi connectivity index (χ3n) is 1.47. The maximum atomic E-state index is 10.8. The lowest BCUT2D eigenvalue weighted by atomic mass is 10.2. The highest BCUT2D eigenvalue weighted by atomic mass is 16.5. The molecule has 68 valence electrons. The van der Waals surface area contributed by atoms with Crippen molar-refractivity contribution in [1.29, 1.82) is 0 Å². The fourth-order valence-corrected chi connectivity index (χ4v) is 0.803. The number of esters is 1. The minimum absolute atomic E-state index is 0.347. The van der Waals surface area contributed by atoms with E-state index in [1.54, 1.807) is 24.5 Å². The van der Waals surface area contributed by atoms with Gasteiger partial charge in [0.2, 0.25) is 0 Å². The summed E-state index contributed by atoms with van der Waals surface area (Å²) in [6.45, 7) is 0. The van der Waals surface area contributed by atoms with E-state index < -0.39 is 5.97 Å². The minimum Gasteiger partial charge on any atom is -0.466 e. The quantitative estimate of drug-likeness (QED) is 0.530. The van der Waals surface area contributed by atoms with Crippen molar-refractivity contribution in [3.63, 3.8) is 0 Å². The van der Waals surface area contributed by atoms with Gasteiger partial charge in [-0.05, 0) is 12.1 Å². The van der Waals surface area contributed by atoms with Gasteiger partial charge in [0.15, 0.2) is 0 Å². The molecule has 0 saturated carbocycles. The Balaban J connectivity index is 2.85. The first-order chi connectivity index (χ1) is 6.24. The second kappa shape index (κ2) is 4.25. The van der Waals surface area contributed by atoms with Crippen molar-refractivity contribution < 1.29 is 9.53 Å². The van der Waals surface area contributed by atoms with Crippen LogP contribution in [0.3, 0.4) is 0 Å². The Kier molecular flexibility index (Phi) is 3.03. The molecule has 0 fully saturated rings. The Labute approximate surface area is 76.0 Å². The van der Waals surface area contributed by atoms with Gasteiger partial charge >= 0.3 is 5.97 Å². The average Bonchev–Trinajstić information content (AvgIpc) is 2.19. The van der Waals surface area contributed by atoms with Gasteiger partial charge in [-0.25, -0.2) is 4.79 Å². The highest BCUT2D eigenvalue weighted by molar-refractivity contribution is 5.90. The maximum absolute atomic E-state index is 10.8. The first kappa shape index (κ1) is 9.25. The van der Waals surface area contributed by atoms with E-state index in [-0.39, 0.29) is 0 Å². The summed E-state index contributed by atoms with van der Waals surface area (Å²) < 4.78 is 4.43. The summed E-state index contributed by atoms with van der Waals surface area (Å²) >= 11 is 0. The van der Waals surface area contributed by atoms with Crippen LogP contribution in [0.2, 0.25) is 0 Å². The molecule has 1 rings (SSSR count). The fraction of sp³-hybridized carbons (Fsp3) is 0.111. The van der Waals surface area contributed by atoms with E-state index in [0.717, 1.165) is 0 Å². The monoisotopic (exact) mass is 178 g/mol. The number of aromatic nitrogens is 1. The van der Waals surface area contributed by atoms with Crippen molar-refractivity contribution >= 4 is 11.7 Å². The predicted molar refractivity (Wildman–Crippen MR) is 48.4 cm³/mol. The topological polar surface area (TPSA) is 65.2 Å². The van der Waals surface area contributed by atoms with Crippen molar-refractivity contribution in [1.82, 2.24) is 4.98 Å². The molecular formula is C9H10N2O2. The standard InChI is InChI=1S/C9H10N2O2/c1-13-9(12)5-8(10)7-3-2-4-11-6-7/h2-6H,10H2,1H3. The van der Waals surface area contributed by atoms with Gasteiger partial charge in [0.25, 0.3) is 0 Å². The van der Waals surface area contributed by atoms with Gasteiger partial charge in [-0.3, -0.25) is 4.98 Å². The summed E-state index contributed by atoms with van der Waals surface area (Å²) in [4.78, 5) is 14.7. The van der Waals surface area contributed by atoms with Gasteiger partial charge in [0.1, 0.15) is 0 Å². The third kappa shape index (κ3) is 2.59. The minimum atomic E-state index is -0.471. The number of carbonyl (C=O) groups is 1. The third-order valence-corrected chi connectivity index (χ3v) is 1.47. The Morgan fingerprint density at radius 1 is 1.69 bits per heavy atom. The maximum Gasteiger partial charge on any atom is 0.332 e. The van der Waals surface area contributed by atoms with Crippen LogP contribution in [0.4, 0.5) is 0 Å². The van der Waals surface area contributed by atoms with Crippen LogP contribution in [-0.2, 0) is 9.53 Å². The van der Waals surface area contributed by atoms with Crippen molar-refractivity contribution in [3.05, 3.63) is 36.2 Å². The zero-order chi connectivity index (χ0) is 9.68. The van der Waals surface area contributed by atoms with Crippen LogP contribution in [0.1, 0.15) is 5.56 Å². The Morgan fingerprint density at radius 2 is 2.46 bits per heavy atom. The Hall–Kier alpha value is -1.84. The van der Waals surface area contributed by atoms with Crippen molar-refractivity contribution in [2.45, 2.75) is 0 Å². The summed E-state index contributed by atoms with van der Waals surface area (Å²) in [5.74, 6) is -0.471. The molecule has 1 aromatic rings. The molecule has 0 saturated heterocycles. The van der Waals surface area contributed by atoms with Gasteiger partial charge in [0.05, 0.1) is 7.11 Å². The van der Waals surface area contributed by atoms with E-state index >= 15 is 0 Å². The molecule has 0 bridgehead atoms. The zero-order valence-electron chi connectivity index (χ0n) is 7.23. The molecule has 4 heteroatoms. The SMILES string of the molecule is COC(=O)C=C(N)c1cccnc1. The molecule has 0 aromatic carbocycles. The lowest BCUT2D eigenvalue weighted by Gasteiger charge is -1.99. The average molecular weight is 178 g/mol. The van der Waals surface area contributed by atoms with Crippen LogP contribution in [-0.4, -0.2) is 18.1 Å². The second-order valence-electron chi connectivity index (χ2n) is 2.36. The molecule has 0 amide bonds. The van der Waals surface area contributed by atoms with Gasteiger partial charge in [-0.1, -0.05) is 0 Å².